The lowest BCUT2D eigenvalue weighted by atomic mass is 10.0. The van der Waals surface area contributed by atoms with Crippen LogP contribution in [0.15, 0.2) is 24.3 Å². The van der Waals surface area contributed by atoms with E-state index in [1.165, 1.54) is 11.0 Å². The Bertz CT molecular complexity index is 961. The number of benzene rings is 2. The number of likely N-dealkylation sites (N-methyl/N-ethyl adjacent to an activating group) is 1. The first-order valence-electron chi connectivity index (χ1n) is 9.57. The highest BCUT2D eigenvalue weighted by atomic mass is 35.5. The number of aromatic hydroxyl groups is 1. The van der Waals surface area contributed by atoms with Gasteiger partial charge in [0, 0.05) is 24.9 Å². The molecule has 1 atom stereocenters. The van der Waals surface area contributed by atoms with Crippen molar-refractivity contribution in [2.24, 2.45) is 0 Å². The van der Waals surface area contributed by atoms with Crippen LogP contribution in [0.5, 0.6) is 5.75 Å². The molecule has 9 heteroatoms. The summed E-state index contributed by atoms with van der Waals surface area (Å²) < 4.78 is 5.10. The molecule has 3 amide bonds. The minimum absolute atomic E-state index is 0.0754. The summed E-state index contributed by atoms with van der Waals surface area (Å²) in [6.07, 6.45) is 1.01. The van der Waals surface area contributed by atoms with Crippen molar-refractivity contribution in [3.05, 3.63) is 34.9 Å². The second-order valence-electron chi connectivity index (χ2n) is 7.02. The summed E-state index contributed by atoms with van der Waals surface area (Å²) >= 11 is 6.38. The number of phenols is 1. The molecule has 0 aromatic heterocycles. The molecule has 0 spiro atoms. The van der Waals surface area contributed by atoms with Crippen molar-refractivity contribution in [1.29, 1.82) is 0 Å². The average molecular weight is 436 g/mol. The molecule has 2 aromatic rings. The first-order valence-corrected chi connectivity index (χ1v) is 9.95. The molecular formula is C21H26ClN3O5. The van der Waals surface area contributed by atoms with Crippen LogP contribution in [0, 0.1) is 0 Å². The zero-order valence-electron chi connectivity index (χ0n) is 17.4. The largest absolute Gasteiger partial charge is 0.506 e. The van der Waals surface area contributed by atoms with E-state index < -0.39 is 18.0 Å². The molecule has 0 aliphatic rings. The molecule has 0 heterocycles. The van der Waals surface area contributed by atoms with Crippen LogP contribution in [0.3, 0.4) is 0 Å². The summed E-state index contributed by atoms with van der Waals surface area (Å²) in [7, 11) is 3.16. The molecule has 0 saturated heterocycles. The molecule has 0 fully saturated rings. The molecule has 2 rings (SSSR count). The van der Waals surface area contributed by atoms with Crippen LogP contribution in [0.2, 0.25) is 5.02 Å². The van der Waals surface area contributed by atoms with E-state index in [9.17, 15) is 19.5 Å². The van der Waals surface area contributed by atoms with Crippen molar-refractivity contribution in [1.82, 2.24) is 10.2 Å². The number of carbonyl (C=O) groups excluding carboxylic acids is 3. The van der Waals surface area contributed by atoms with Crippen molar-refractivity contribution in [2.75, 3.05) is 26.0 Å². The fourth-order valence-electron chi connectivity index (χ4n) is 2.88. The third kappa shape index (κ3) is 5.33. The quantitative estimate of drug-likeness (QED) is 0.574. The molecule has 2 aromatic carbocycles. The molecule has 0 aliphatic heterocycles. The van der Waals surface area contributed by atoms with Gasteiger partial charge in [-0.3, -0.25) is 14.9 Å². The first-order chi connectivity index (χ1) is 14.2. The fourth-order valence-corrected chi connectivity index (χ4v) is 3.19. The Morgan fingerprint density at radius 3 is 2.60 bits per heavy atom. The standard InChI is InChI=1S/C21H26ClN3O5/c1-5-6-10-30-21(29)24-16-9-7-8-13-17(16)15(22)11-14(18(13)26)19(27)23-12(2)20(28)25(3)4/h7-9,11-12,26H,5-6,10H2,1-4H3,(H,23,27)(H,24,29). The number of fused-ring (bicyclic) bond motifs is 1. The minimum atomic E-state index is -0.785. The number of phenolic OH excluding ortho intramolecular Hbond substituents is 1. The van der Waals surface area contributed by atoms with E-state index in [1.54, 1.807) is 39.2 Å². The van der Waals surface area contributed by atoms with Gasteiger partial charge < -0.3 is 20.1 Å². The highest BCUT2D eigenvalue weighted by Gasteiger charge is 2.23. The second-order valence-corrected chi connectivity index (χ2v) is 7.43. The van der Waals surface area contributed by atoms with Crippen molar-refractivity contribution < 1.29 is 24.2 Å². The molecule has 8 nitrogen and oxygen atoms in total. The number of hydrogen-bond donors (Lipinski definition) is 3. The molecule has 3 N–H and O–H groups in total. The van der Waals surface area contributed by atoms with Gasteiger partial charge in [0.25, 0.3) is 5.91 Å². The number of nitrogens with zero attached hydrogens (tertiary/aromatic N) is 1. The highest BCUT2D eigenvalue weighted by Crippen LogP contribution is 2.38. The fraction of sp³-hybridized carbons (Fsp3) is 0.381. The smallest absolute Gasteiger partial charge is 0.411 e. The predicted molar refractivity (Wildman–Crippen MR) is 116 cm³/mol. The van der Waals surface area contributed by atoms with Crippen molar-refractivity contribution in [3.63, 3.8) is 0 Å². The lowest BCUT2D eigenvalue weighted by Crippen LogP contribution is -2.44. The number of nitrogens with one attached hydrogen (secondary N) is 2. The van der Waals surface area contributed by atoms with Crippen LogP contribution >= 0.6 is 11.6 Å². The van der Waals surface area contributed by atoms with Crippen LogP contribution in [-0.4, -0.2) is 54.7 Å². The van der Waals surface area contributed by atoms with Gasteiger partial charge in [0.05, 0.1) is 22.9 Å². The first kappa shape index (κ1) is 23.3. The number of carbonyl (C=O) groups is 3. The lowest BCUT2D eigenvalue weighted by molar-refractivity contribution is -0.130. The SMILES string of the molecule is CCCCOC(=O)Nc1cccc2c(O)c(C(=O)NC(C)C(=O)N(C)C)cc(Cl)c12. The zero-order valence-corrected chi connectivity index (χ0v) is 18.2. The van der Waals surface area contributed by atoms with Gasteiger partial charge in [-0.15, -0.1) is 0 Å². The van der Waals surface area contributed by atoms with Crippen LogP contribution in [-0.2, 0) is 9.53 Å². The summed E-state index contributed by atoms with van der Waals surface area (Å²) in [5, 5.41) is 16.7. The number of unbranched alkanes of at least 4 members (excludes halogenated alkanes) is 1. The Labute approximate surface area is 180 Å². The zero-order chi connectivity index (χ0) is 22.4. The number of ether oxygens (including phenoxy) is 1. The predicted octanol–water partition coefficient (Wildman–Crippen LogP) is 3.75. The Kier molecular flexibility index (Phi) is 7.88. The summed E-state index contributed by atoms with van der Waals surface area (Å²) in [6, 6.07) is 5.32. The van der Waals surface area contributed by atoms with Gasteiger partial charge in [-0.2, -0.15) is 0 Å². The highest BCUT2D eigenvalue weighted by molar-refractivity contribution is 6.38. The normalized spacial score (nSPS) is 11.6. The molecule has 1 unspecified atom stereocenters. The van der Waals surface area contributed by atoms with E-state index in [-0.39, 0.29) is 27.6 Å². The molecular weight excluding hydrogens is 410 g/mol. The molecule has 162 valence electrons. The molecule has 30 heavy (non-hydrogen) atoms. The van der Waals surface area contributed by atoms with E-state index in [2.05, 4.69) is 10.6 Å². The lowest BCUT2D eigenvalue weighted by Gasteiger charge is -2.19. The minimum Gasteiger partial charge on any atom is -0.506 e. The molecule has 0 radical (unpaired) electrons. The van der Waals surface area contributed by atoms with Gasteiger partial charge in [-0.25, -0.2) is 4.79 Å². The van der Waals surface area contributed by atoms with Gasteiger partial charge in [0.1, 0.15) is 11.8 Å². The van der Waals surface area contributed by atoms with Crippen molar-refractivity contribution >= 4 is 46.0 Å². The maximum absolute atomic E-state index is 12.6. The third-order valence-corrected chi connectivity index (χ3v) is 4.75. The number of rotatable bonds is 7. The van der Waals surface area contributed by atoms with Gasteiger partial charge in [0.2, 0.25) is 5.91 Å². The van der Waals surface area contributed by atoms with E-state index in [0.29, 0.717) is 17.7 Å². The van der Waals surface area contributed by atoms with E-state index in [0.717, 1.165) is 12.8 Å². The maximum Gasteiger partial charge on any atom is 0.411 e. The van der Waals surface area contributed by atoms with E-state index in [1.807, 2.05) is 6.92 Å². The van der Waals surface area contributed by atoms with Crippen molar-refractivity contribution in [3.8, 4) is 5.75 Å². The monoisotopic (exact) mass is 435 g/mol. The Morgan fingerprint density at radius 1 is 1.27 bits per heavy atom. The van der Waals surface area contributed by atoms with Gasteiger partial charge in [-0.05, 0) is 25.5 Å². The van der Waals surface area contributed by atoms with Gasteiger partial charge in [-0.1, -0.05) is 37.1 Å². The molecule has 0 saturated carbocycles. The van der Waals surface area contributed by atoms with Gasteiger partial charge >= 0.3 is 6.09 Å². The van der Waals surface area contributed by atoms with E-state index >= 15 is 0 Å². The van der Waals surface area contributed by atoms with Crippen LogP contribution < -0.4 is 10.6 Å². The van der Waals surface area contributed by atoms with E-state index in [4.69, 9.17) is 16.3 Å². The number of anilines is 1. The number of halogens is 1. The average Bonchev–Trinajstić information content (AvgIpc) is 2.69. The van der Waals surface area contributed by atoms with Crippen LogP contribution in [0.4, 0.5) is 10.5 Å². The molecule has 0 bridgehead atoms. The van der Waals surface area contributed by atoms with Gasteiger partial charge in [0.15, 0.2) is 0 Å². The third-order valence-electron chi connectivity index (χ3n) is 4.46. The maximum atomic E-state index is 12.6. The van der Waals surface area contributed by atoms with Crippen molar-refractivity contribution in [2.45, 2.75) is 32.7 Å². The second kappa shape index (κ2) is 10.2. The Hall–Kier alpha value is -3.00. The number of amides is 3. The summed E-state index contributed by atoms with van der Waals surface area (Å²) in [6.45, 7) is 3.83. The van der Waals surface area contributed by atoms with Crippen LogP contribution in [0.1, 0.15) is 37.0 Å². The summed E-state index contributed by atoms with van der Waals surface area (Å²) in [5.74, 6) is -1.24. The summed E-state index contributed by atoms with van der Waals surface area (Å²) in [5.41, 5.74) is 0.269. The Morgan fingerprint density at radius 2 is 1.97 bits per heavy atom. The molecule has 0 aliphatic carbocycles. The Balaban J connectivity index is 2.34. The number of hydrogen-bond acceptors (Lipinski definition) is 5. The van der Waals surface area contributed by atoms with Crippen LogP contribution in [0.25, 0.3) is 10.8 Å². The summed E-state index contributed by atoms with van der Waals surface area (Å²) in [4.78, 5) is 38.0. The topological polar surface area (TPSA) is 108 Å².